The van der Waals surface area contributed by atoms with Crippen LogP contribution in [0.5, 0.6) is 11.5 Å². The smallest absolute Gasteiger partial charge is 0.229 e. The third-order valence-electron chi connectivity index (χ3n) is 4.83. The highest BCUT2D eigenvalue weighted by atomic mass is 16.5. The molecule has 0 unspecified atom stereocenters. The van der Waals surface area contributed by atoms with Crippen molar-refractivity contribution in [1.82, 2.24) is 20.3 Å². The second-order valence-electron chi connectivity index (χ2n) is 6.40. The van der Waals surface area contributed by atoms with Gasteiger partial charge in [0.1, 0.15) is 0 Å². The Kier molecular flexibility index (Phi) is 4.32. The fraction of sp³-hybridized carbons (Fsp3) is 0.444. The molecule has 0 atom stereocenters. The molecule has 8 nitrogen and oxygen atoms in total. The summed E-state index contributed by atoms with van der Waals surface area (Å²) in [6, 6.07) is 3.89. The van der Waals surface area contributed by atoms with Crippen LogP contribution in [0.15, 0.2) is 22.9 Å². The molecule has 2 aromatic heterocycles. The van der Waals surface area contributed by atoms with Gasteiger partial charge in [0.25, 0.3) is 0 Å². The van der Waals surface area contributed by atoms with Crippen molar-refractivity contribution in [1.29, 1.82) is 0 Å². The summed E-state index contributed by atoms with van der Waals surface area (Å²) < 4.78 is 16.2. The lowest BCUT2D eigenvalue weighted by Crippen LogP contribution is -2.33. The van der Waals surface area contributed by atoms with Crippen LogP contribution < -0.4 is 14.4 Å². The van der Waals surface area contributed by atoms with Crippen LogP contribution in [0, 0.1) is 6.92 Å². The average molecular weight is 355 g/mol. The van der Waals surface area contributed by atoms with Gasteiger partial charge in [-0.3, -0.25) is 0 Å². The van der Waals surface area contributed by atoms with Gasteiger partial charge in [0.2, 0.25) is 5.89 Å². The maximum Gasteiger partial charge on any atom is 0.229 e. The van der Waals surface area contributed by atoms with Gasteiger partial charge in [-0.25, -0.2) is 0 Å². The summed E-state index contributed by atoms with van der Waals surface area (Å²) in [4.78, 5) is 6.62. The first-order valence-corrected chi connectivity index (χ1v) is 8.62. The molecule has 0 spiro atoms. The van der Waals surface area contributed by atoms with Crippen LogP contribution in [0.1, 0.15) is 30.5 Å². The summed E-state index contributed by atoms with van der Waals surface area (Å²) in [5.74, 6) is 3.95. The number of hydrogen-bond donors (Lipinski definition) is 0. The van der Waals surface area contributed by atoms with Gasteiger partial charge in [0, 0.05) is 29.8 Å². The number of piperidine rings is 1. The van der Waals surface area contributed by atoms with E-state index in [9.17, 15) is 0 Å². The lowest BCUT2D eigenvalue weighted by atomic mass is 9.96. The number of anilines is 1. The second-order valence-corrected chi connectivity index (χ2v) is 6.40. The van der Waals surface area contributed by atoms with Crippen LogP contribution in [0.3, 0.4) is 0 Å². The molecule has 0 amide bonds. The van der Waals surface area contributed by atoms with Crippen LogP contribution >= 0.6 is 0 Å². The highest BCUT2D eigenvalue weighted by Gasteiger charge is 2.26. The molecule has 1 aliphatic rings. The quantitative estimate of drug-likeness (QED) is 0.706. The zero-order valence-electron chi connectivity index (χ0n) is 15.1. The molecule has 3 aromatic rings. The number of aryl methyl sites for hydroxylation is 1. The number of aromatic nitrogens is 4. The molecule has 1 fully saturated rings. The van der Waals surface area contributed by atoms with E-state index in [1.807, 2.05) is 19.1 Å². The normalized spacial score (nSPS) is 15.4. The minimum Gasteiger partial charge on any atom is -0.493 e. The number of ether oxygens (including phenoxy) is 2. The Hall–Kier alpha value is -2.90. The number of fused-ring (bicyclic) bond motifs is 1. The highest BCUT2D eigenvalue weighted by molar-refractivity contribution is 5.94. The van der Waals surface area contributed by atoms with Gasteiger partial charge in [-0.05, 0) is 31.9 Å². The lowest BCUT2D eigenvalue weighted by Gasteiger charge is -2.31. The molecule has 1 saturated heterocycles. The molecule has 0 N–H and O–H groups in total. The van der Waals surface area contributed by atoms with Gasteiger partial charge < -0.3 is 18.9 Å². The number of hydrogen-bond acceptors (Lipinski definition) is 8. The van der Waals surface area contributed by atoms with E-state index in [2.05, 4.69) is 25.2 Å². The Morgan fingerprint density at radius 1 is 1.12 bits per heavy atom. The molecule has 0 saturated carbocycles. The van der Waals surface area contributed by atoms with Crippen molar-refractivity contribution in [3.05, 3.63) is 30.0 Å². The molecule has 4 rings (SSSR count). The number of nitrogens with zero attached hydrogens (tertiary/aromatic N) is 5. The molecule has 26 heavy (non-hydrogen) atoms. The fourth-order valence-electron chi connectivity index (χ4n) is 3.45. The first kappa shape index (κ1) is 16.6. The van der Waals surface area contributed by atoms with Crippen LogP contribution in [0.2, 0.25) is 0 Å². The summed E-state index contributed by atoms with van der Waals surface area (Å²) in [6.07, 6.45) is 3.62. The summed E-state index contributed by atoms with van der Waals surface area (Å²) in [6.45, 7) is 3.55. The predicted octanol–water partition coefficient (Wildman–Crippen LogP) is 2.72. The van der Waals surface area contributed by atoms with Crippen LogP contribution in [0.25, 0.3) is 10.8 Å². The average Bonchev–Trinajstić information content (AvgIpc) is 3.12. The van der Waals surface area contributed by atoms with Crippen LogP contribution in [0.4, 0.5) is 5.82 Å². The topological polar surface area (TPSA) is 86.4 Å². The monoisotopic (exact) mass is 355 g/mol. The minimum atomic E-state index is 0.296. The third-order valence-corrected chi connectivity index (χ3v) is 4.83. The molecule has 1 aromatic carbocycles. The fourth-order valence-corrected chi connectivity index (χ4v) is 3.45. The van der Waals surface area contributed by atoms with Gasteiger partial charge in [-0.2, -0.15) is 10.1 Å². The van der Waals surface area contributed by atoms with E-state index in [0.717, 1.165) is 48.4 Å². The van der Waals surface area contributed by atoms with Crippen molar-refractivity contribution in [2.45, 2.75) is 25.7 Å². The van der Waals surface area contributed by atoms with Gasteiger partial charge >= 0.3 is 0 Å². The molecule has 8 heteroatoms. The first-order chi connectivity index (χ1) is 12.7. The van der Waals surface area contributed by atoms with Crippen LogP contribution in [-0.2, 0) is 0 Å². The van der Waals surface area contributed by atoms with Crippen molar-refractivity contribution >= 4 is 16.6 Å². The largest absolute Gasteiger partial charge is 0.493 e. The zero-order chi connectivity index (χ0) is 18.1. The Morgan fingerprint density at radius 2 is 1.85 bits per heavy atom. The van der Waals surface area contributed by atoms with Crippen molar-refractivity contribution in [2.24, 2.45) is 0 Å². The molecular weight excluding hydrogens is 334 g/mol. The van der Waals surface area contributed by atoms with E-state index >= 15 is 0 Å². The minimum absolute atomic E-state index is 0.296. The lowest BCUT2D eigenvalue weighted by molar-refractivity contribution is 0.327. The van der Waals surface area contributed by atoms with Gasteiger partial charge in [-0.15, -0.1) is 5.10 Å². The Bertz CT molecular complexity index is 918. The van der Waals surface area contributed by atoms with Crippen LogP contribution in [-0.4, -0.2) is 47.6 Å². The van der Waals surface area contributed by atoms with Crippen molar-refractivity contribution in [3.8, 4) is 11.5 Å². The number of methoxy groups -OCH3 is 2. The van der Waals surface area contributed by atoms with E-state index in [-0.39, 0.29) is 0 Å². The molecule has 0 aliphatic carbocycles. The molecule has 1 aliphatic heterocycles. The molecule has 0 bridgehead atoms. The summed E-state index contributed by atoms with van der Waals surface area (Å²) in [5.41, 5.74) is 0. The van der Waals surface area contributed by atoms with E-state index in [1.165, 1.54) is 0 Å². The third kappa shape index (κ3) is 2.91. The van der Waals surface area contributed by atoms with Gasteiger partial charge in [0.15, 0.2) is 23.1 Å². The Balaban J connectivity index is 1.61. The SMILES string of the molecule is COc1cc2cnnc(N3CCC(c4nc(C)no4)CC3)c2cc1OC. The standard InChI is InChI=1S/C18H21N5O3/c1-11-20-18(26-22-11)12-4-6-23(7-5-12)17-14-9-16(25-3)15(24-2)8-13(14)10-19-21-17/h8-10,12H,4-7H2,1-3H3. The zero-order valence-corrected chi connectivity index (χ0v) is 15.1. The molecular formula is C18H21N5O3. The maximum atomic E-state index is 5.44. The van der Waals surface area contributed by atoms with E-state index in [4.69, 9.17) is 14.0 Å². The van der Waals surface area contributed by atoms with E-state index < -0.39 is 0 Å². The first-order valence-electron chi connectivity index (χ1n) is 8.62. The van der Waals surface area contributed by atoms with Crippen molar-refractivity contribution in [2.75, 3.05) is 32.2 Å². The molecule has 0 radical (unpaired) electrons. The summed E-state index contributed by atoms with van der Waals surface area (Å²) >= 11 is 0. The van der Waals surface area contributed by atoms with Gasteiger partial charge in [0.05, 0.1) is 20.4 Å². The van der Waals surface area contributed by atoms with Gasteiger partial charge in [-0.1, -0.05) is 5.16 Å². The second kappa shape index (κ2) is 6.78. The van der Waals surface area contributed by atoms with Crippen molar-refractivity contribution < 1.29 is 14.0 Å². The number of rotatable bonds is 4. The van der Waals surface area contributed by atoms with E-state index in [0.29, 0.717) is 23.2 Å². The molecule has 3 heterocycles. The number of benzene rings is 1. The summed E-state index contributed by atoms with van der Waals surface area (Å²) in [5, 5.41) is 14.4. The predicted molar refractivity (Wildman–Crippen MR) is 95.9 cm³/mol. The summed E-state index contributed by atoms with van der Waals surface area (Å²) in [7, 11) is 3.26. The Morgan fingerprint density at radius 3 is 2.50 bits per heavy atom. The highest BCUT2D eigenvalue weighted by Crippen LogP contribution is 2.37. The Labute approximate surface area is 151 Å². The van der Waals surface area contributed by atoms with Crippen molar-refractivity contribution in [3.63, 3.8) is 0 Å². The van der Waals surface area contributed by atoms with E-state index in [1.54, 1.807) is 20.4 Å². The maximum absolute atomic E-state index is 5.44. The molecule has 136 valence electrons.